The van der Waals surface area contributed by atoms with Gasteiger partial charge in [-0.15, -0.1) is 0 Å². The number of pyridine rings is 1. The molecule has 6 nitrogen and oxygen atoms in total. The van der Waals surface area contributed by atoms with Gasteiger partial charge in [0.15, 0.2) is 0 Å². The summed E-state index contributed by atoms with van der Waals surface area (Å²) in [6.45, 7) is 4.50. The highest BCUT2D eigenvalue weighted by Gasteiger charge is 2.14. The maximum atomic E-state index is 11.9. The van der Waals surface area contributed by atoms with E-state index in [2.05, 4.69) is 15.1 Å². The molecule has 0 atom stereocenters. The topological polar surface area (TPSA) is 97.1 Å². The van der Waals surface area contributed by atoms with Gasteiger partial charge >= 0.3 is 0 Å². The number of anilines is 1. The van der Waals surface area contributed by atoms with E-state index in [1.807, 2.05) is 13.8 Å². The van der Waals surface area contributed by atoms with E-state index in [4.69, 9.17) is 5.84 Å². The molecule has 0 aliphatic carbocycles. The van der Waals surface area contributed by atoms with Gasteiger partial charge in [-0.1, -0.05) is 13.8 Å². The third kappa shape index (κ3) is 4.29. The Hall–Kier alpha value is -1.18. The summed E-state index contributed by atoms with van der Waals surface area (Å²) in [5, 5.41) is 0. The molecule has 96 valence electrons. The fraction of sp³-hybridized carbons (Fsp3) is 0.500. The molecule has 1 rings (SSSR count). The number of aromatic nitrogens is 1. The molecule has 0 saturated heterocycles. The number of nitrogens with one attached hydrogen (secondary N) is 2. The van der Waals surface area contributed by atoms with Gasteiger partial charge in [0.2, 0.25) is 10.0 Å². The fourth-order valence-corrected chi connectivity index (χ4v) is 2.28. The first-order chi connectivity index (χ1) is 7.95. The summed E-state index contributed by atoms with van der Waals surface area (Å²) in [6.07, 6.45) is 2.19. The highest BCUT2D eigenvalue weighted by Crippen LogP contribution is 2.11. The van der Waals surface area contributed by atoms with Crippen molar-refractivity contribution in [2.75, 3.05) is 12.0 Å². The summed E-state index contributed by atoms with van der Waals surface area (Å²) >= 11 is 0. The Labute approximate surface area is 102 Å². The summed E-state index contributed by atoms with van der Waals surface area (Å²) in [6, 6.07) is 2.82. The molecule has 0 radical (unpaired) electrons. The van der Waals surface area contributed by atoms with Gasteiger partial charge in [-0.3, -0.25) is 0 Å². The van der Waals surface area contributed by atoms with Crippen LogP contribution < -0.4 is 16.0 Å². The van der Waals surface area contributed by atoms with Crippen LogP contribution >= 0.6 is 0 Å². The minimum atomic E-state index is -3.47. The number of nitrogen functional groups attached to an aromatic ring is 1. The molecule has 1 heterocycles. The van der Waals surface area contributed by atoms with Crippen LogP contribution in [0.3, 0.4) is 0 Å². The van der Waals surface area contributed by atoms with Crippen molar-refractivity contribution in [2.45, 2.75) is 25.2 Å². The molecular weight excluding hydrogens is 240 g/mol. The lowest BCUT2D eigenvalue weighted by Gasteiger charge is -2.09. The van der Waals surface area contributed by atoms with Crippen LogP contribution in [0.4, 0.5) is 5.82 Å². The lowest BCUT2D eigenvalue weighted by atomic mass is 10.1. The molecule has 0 saturated carbocycles. The number of nitrogens with two attached hydrogens (primary N) is 1. The Balaban J connectivity index is 2.75. The van der Waals surface area contributed by atoms with Gasteiger partial charge in [0.1, 0.15) is 5.82 Å². The normalized spacial score (nSPS) is 11.8. The molecule has 0 bridgehead atoms. The molecule has 1 aromatic heterocycles. The number of hydrogen-bond acceptors (Lipinski definition) is 5. The van der Waals surface area contributed by atoms with Crippen LogP contribution in [-0.4, -0.2) is 19.9 Å². The quantitative estimate of drug-likeness (QED) is 0.515. The average Bonchev–Trinajstić information content (AvgIpc) is 2.28. The number of hydrogen-bond donors (Lipinski definition) is 3. The smallest absolute Gasteiger partial charge is 0.240 e. The Morgan fingerprint density at radius 3 is 2.76 bits per heavy atom. The van der Waals surface area contributed by atoms with E-state index in [9.17, 15) is 8.42 Å². The Morgan fingerprint density at radius 2 is 2.18 bits per heavy atom. The minimum Gasteiger partial charge on any atom is -0.308 e. The Kier molecular flexibility index (Phi) is 4.86. The lowest BCUT2D eigenvalue weighted by Crippen LogP contribution is -2.26. The van der Waals surface area contributed by atoms with Crippen molar-refractivity contribution in [1.29, 1.82) is 0 Å². The first-order valence-electron chi connectivity index (χ1n) is 5.38. The monoisotopic (exact) mass is 258 g/mol. The van der Waals surface area contributed by atoms with Crippen molar-refractivity contribution >= 4 is 15.8 Å². The van der Waals surface area contributed by atoms with Crippen molar-refractivity contribution in [3.05, 3.63) is 18.3 Å². The van der Waals surface area contributed by atoms with Crippen LogP contribution in [0.15, 0.2) is 23.2 Å². The van der Waals surface area contributed by atoms with Gasteiger partial charge in [-0.2, -0.15) is 0 Å². The maximum Gasteiger partial charge on any atom is 0.240 e. The Morgan fingerprint density at radius 1 is 1.47 bits per heavy atom. The Bertz CT molecular complexity index is 459. The van der Waals surface area contributed by atoms with Gasteiger partial charge in [-0.25, -0.2) is 24.0 Å². The predicted molar refractivity (Wildman–Crippen MR) is 66.7 cm³/mol. The van der Waals surface area contributed by atoms with Crippen LogP contribution in [0.2, 0.25) is 0 Å². The first-order valence-corrected chi connectivity index (χ1v) is 6.86. The van der Waals surface area contributed by atoms with Crippen molar-refractivity contribution in [3.8, 4) is 0 Å². The fourth-order valence-electron chi connectivity index (χ4n) is 1.22. The summed E-state index contributed by atoms with van der Waals surface area (Å²) in [5.74, 6) is 5.95. The van der Waals surface area contributed by atoms with Crippen LogP contribution in [0.25, 0.3) is 0 Å². The second-order valence-corrected chi connectivity index (χ2v) is 5.87. The van der Waals surface area contributed by atoms with Gasteiger partial charge in [0.25, 0.3) is 0 Å². The van der Waals surface area contributed by atoms with E-state index in [1.165, 1.54) is 18.3 Å². The molecule has 17 heavy (non-hydrogen) atoms. The van der Waals surface area contributed by atoms with E-state index in [0.717, 1.165) is 6.42 Å². The number of nitrogens with zero attached hydrogens (tertiary/aromatic N) is 1. The lowest BCUT2D eigenvalue weighted by molar-refractivity contribution is 0.551. The molecule has 0 fully saturated rings. The average molecular weight is 258 g/mol. The predicted octanol–water partition coefficient (Wildman–Crippen LogP) is 0.692. The van der Waals surface area contributed by atoms with E-state index < -0.39 is 10.0 Å². The highest BCUT2D eigenvalue weighted by atomic mass is 32.2. The third-order valence-corrected chi connectivity index (χ3v) is 3.66. The molecule has 0 spiro atoms. The molecule has 1 aromatic rings. The third-order valence-electron chi connectivity index (χ3n) is 2.20. The van der Waals surface area contributed by atoms with Crippen LogP contribution in [0, 0.1) is 5.92 Å². The molecule has 7 heteroatoms. The number of rotatable bonds is 6. The number of hydrazine groups is 1. The first kappa shape index (κ1) is 13.9. The SMILES string of the molecule is CC(C)CCNS(=O)(=O)c1ccnc(NN)c1. The standard InChI is InChI=1S/C10H18N4O2S/c1-8(2)3-6-13-17(15,16)9-4-5-12-10(7-9)14-11/h4-5,7-8,13H,3,6,11H2,1-2H3,(H,12,14). The minimum absolute atomic E-state index is 0.157. The second kappa shape index (κ2) is 5.95. The van der Waals surface area contributed by atoms with E-state index >= 15 is 0 Å². The molecule has 4 N–H and O–H groups in total. The molecule has 0 aliphatic heterocycles. The zero-order valence-electron chi connectivity index (χ0n) is 9.97. The van der Waals surface area contributed by atoms with Crippen LogP contribution in [0.5, 0.6) is 0 Å². The second-order valence-electron chi connectivity index (χ2n) is 4.10. The van der Waals surface area contributed by atoms with Crippen LogP contribution in [0.1, 0.15) is 20.3 Å². The van der Waals surface area contributed by atoms with E-state index in [1.54, 1.807) is 0 Å². The number of sulfonamides is 1. The van der Waals surface area contributed by atoms with Crippen LogP contribution in [-0.2, 0) is 10.0 Å². The largest absolute Gasteiger partial charge is 0.308 e. The summed E-state index contributed by atoms with van der Waals surface area (Å²) in [7, 11) is -3.47. The zero-order chi connectivity index (χ0) is 12.9. The van der Waals surface area contributed by atoms with E-state index in [-0.39, 0.29) is 4.90 Å². The summed E-state index contributed by atoms with van der Waals surface area (Å²) < 4.78 is 26.3. The van der Waals surface area contributed by atoms with Gasteiger partial charge < -0.3 is 5.43 Å². The highest BCUT2D eigenvalue weighted by molar-refractivity contribution is 7.89. The summed E-state index contributed by atoms with van der Waals surface area (Å²) in [5.41, 5.74) is 2.31. The molecule has 0 aliphatic rings. The zero-order valence-corrected chi connectivity index (χ0v) is 10.8. The molecule has 0 amide bonds. The summed E-state index contributed by atoms with van der Waals surface area (Å²) in [4.78, 5) is 4.01. The van der Waals surface area contributed by atoms with Gasteiger partial charge in [0.05, 0.1) is 4.90 Å². The van der Waals surface area contributed by atoms with Crippen molar-refractivity contribution in [1.82, 2.24) is 9.71 Å². The molecular formula is C10H18N4O2S. The maximum absolute atomic E-state index is 11.9. The van der Waals surface area contributed by atoms with Gasteiger partial charge in [0, 0.05) is 18.8 Å². The molecule has 0 unspecified atom stereocenters. The van der Waals surface area contributed by atoms with Gasteiger partial charge in [-0.05, 0) is 18.4 Å². The van der Waals surface area contributed by atoms with Crippen molar-refractivity contribution in [3.63, 3.8) is 0 Å². The van der Waals surface area contributed by atoms with Crippen molar-refractivity contribution < 1.29 is 8.42 Å². The van der Waals surface area contributed by atoms with E-state index in [0.29, 0.717) is 18.3 Å². The van der Waals surface area contributed by atoms with Crippen molar-refractivity contribution in [2.24, 2.45) is 11.8 Å². The molecule has 0 aromatic carbocycles.